The van der Waals surface area contributed by atoms with Crippen LogP contribution in [-0.4, -0.2) is 15.1 Å². The first kappa shape index (κ1) is 11.0. The number of aromatic nitrogens is 2. The molecule has 0 radical (unpaired) electrons. The fourth-order valence-corrected chi connectivity index (χ4v) is 3.93. The molecule has 5 heteroatoms. The lowest BCUT2D eigenvalue weighted by Gasteiger charge is -2.20. The van der Waals surface area contributed by atoms with Gasteiger partial charge in [-0.3, -0.25) is 0 Å². The van der Waals surface area contributed by atoms with Crippen LogP contribution in [0.15, 0.2) is 18.7 Å². The molecule has 3 rings (SSSR count). The Hall–Kier alpha value is -1.13. The smallest absolute Gasteiger partial charge is 0.141 e. The first-order valence-corrected chi connectivity index (χ1v) is 6.64. The van der Waals surface area contributed by atoms with Crippen molar-refractivity contribution in [1.29, 1.82) is 0 Å². The van der Waals surface area contributed by atoms with Gasteiger partial charge in [-0.25, -0.2) is 9.97 Å². The Kier molecular flexibility index (Phi) is 2.56. The van der Waals surface area contributed by atoms with E-state index in [1.807, 2.05) is 0 Å². The summed E-state index contributed by atoms with van der Waals surface area (Å²) < 4.78 is 0. The first-order valence-electron chi connectivity index (χ1n) is 5.45. The molecule has 2 aromatic rings. The Labute approximate surface area is 108 Å². The zero-order valence-electron chi connectivity index (χ0n) is 9.11. The molecule has 0 bridgehead atoms. The summed E-state index contributed by atoms with van der Waals surface area (Å²) in [6, 6.07) is 0. The molecule has 0 amide bonds. The first-order chi connectivity index (χ1) is 8.16. The number of hydrogen-bond donors (Lipinski definition) is 1. The summed E-state index contributed by atoms with van der Waals surface area (Å²) in [5.41, 5.74) is 1.26. The van der Waals surface area contributed by atoms with Gasteiger partial charge in [-0.1, -0.05) is 18.2 Å². The molecule has 1 atom stereocenters. The number of allylic oxidation sites excluding steroid dienone is 1. The van der Waals surface area contributed by atoms with E-state index in [-0.39, 0.29) is 11.7 Å². The van der Waals surface area contributed by atoms with E-state index in [1.54, 1.807) is 11.3 Å². The van der Waals surface area contributed by atoms with Crippen LogP contribution in [0.1, 0.15) is 16.9 Å². The average molecular weight is 267 g/mol. The minimum atomic E-state index is 0.169. The Morgan fingerprint density at radius 2 is 2.35 bits per heavy atom. The third kappa shape index (κ3) is 1.72. The van der Waals surface area contributed by atoms with Crippen LogP contribution in [0.3, 0.4) is 0 Å². The van der Waals surface area contributed by atoms with E-state index in [9.17, 15) is 5.11 Å². The maximum absolute atomic E-state index is 9.49. The van der Waals surface area contributed by atoms with Gasteiger partial charge >= 0.3 is 0 Å². The predicted molar refractivity (Wildman–Crippen MR) is 69.7 cm³/mol. The number of aryl methyl sites for hydroxylation is 1. The van der Waals surface area contributed by atoms with Crippen molar-refractivity contribution < 1.29 is 5.11 Å². The molecule has 1 aliphatic carbocycles. The lowest BCUT2D eigenvalue weighted by atomic mass is 9.87. The van der Waals surface area contributed by atoms with Crippen LogP contribution in [0.25, 0.3) is 10.2 Å². The number of fused-ring (bicyclic) bond motifs is 3. The quantitative estimate of drug-likeness (QED) is 0.635. The zero-order chi connectivity index (χ0) is 12.0. The van der Waals surface area contributed by atoms with E-state index in [1.165, 1.54) is 16.8 Å². The van der Waals surface area contributed by atoms with Crippen molar-refractivity contribution in [3.63, 3.8) is 0 Å². The molecule has 17 heavy (non-hydrogen) atoms. The maximum Gasteiger partial charge on any atom is 0.141 e. The molecule has 2 heterocycles. The number of hydrogen-bond acceptors (Lipinski definition) is 4. The van der Waals surface area contributed by atoms with Crippen LogP contribution in [-0.2, 0) is 12.8 Å². The average Bonchev–Trinajstić information content (AvgIpc) is 2.67. The highest BCUT2D eigenvalue weighted by molar-refractivity contribution is 7.19. The second-order valence-electron chi connectivity index (χ2n) is 4.28. The van der Waals surface area contributed by atoms with Crippen LogP contribution in [0.2, 0.25) is 5.15 Å². The van der Waals surface area contributed by atoms with Crippen LogP contribution >= 0.6 is 22.9 Å². The van der Waals surface area contributed by atoms with Gasteiger partial charge in [0.05, 0.1) is 11.1 Å². The summed E-state index contributed by atoms with van der Waals surface area (Å²) in [6.07, 6.45) is 4.16. The molecular formula is C12H11ClN2OS. The summed E-state index contributed by atoms with van der Waals surface area (Å²) in [4.78, 5) is 10.5. The van der Waals surface area contributed by atoms with Gasteiger partial charge in [0.2, 0.25) is 0 Å². The largest absolute Gasteiger partial charge is 0.513 e. The standard InChI is InChI=1S/C12H11ClN2OS/c1-6(16)7-2-3-8-9(4-7)17-12-10(8)11(13)14-5-15-12/h5,7,16H,1-4H2. The number of aliphatic hydroxyl groups excluding tert-OH is 1. The second-order valence-corrected chi connectivity index (χ2v) is 5.72. The lowest BCUT2D eigenvalue weighted by Crippen LogP contribution is -2.14. The summed E-state index contributed by atoms with van der Waals surface area (Å²) in [7, 11) is 0. The van der Waals surface area contributed by atoms with E-state index in [2.05, 4.69) is 16.5 Å². The fourth-order valence-electron chi connectivity index (χ4n) is 2.36. The molecule has 0 saturated heterocycles. The Balaban J connectivity index is 2.14. The highest BCUT2D eigenvalue weighted by Crippen LogP contribution is 2.40. The number of halogens is 1. The van der Waals surface area contributed by atoms with Crippen LogP contribution < -0.4 is 0 Å². The number of rotatable bonds is 1. The summed E-state index contributed by atoms with van der Waals surface area (Å²) in [6.45, 7) is 3.63. The molecular weight excluding hydrogens is 256 g/mol. The highest BCUT2D eigenvalue weighted by atomic mass is 35.5. The van der Waals surface area contributed by atoms with Crippen molar-refractivity contribution in [3.05, 3.63) is 34.3 Å². The van der Waals surface area contributed by atoms with Gasteiger partial charge in [0.25, 0.3) is 0 Å². The van der Waals surface area contributed by atoms with Crippen molar-refractivity contribution in [2.45, 2.75) is 19.3 Å². The Morgan fingerprint density at radius 1 is 1.53 bits per heavy atom. The molecule has 0 aromatic carbocycles. The molecule has 2 aromatic heterocycles. The van der Waals surface area contributed by atoms with Gasteiger partial charge in [0.15, 0.2) is 0 Å². The van der Waals surface area contributed by atoms with E-state index < -0.39 is 0 Å². The third-order valence-electron chi connectivity index (χ3n) is 3.27. The summed E-state index contributed by atoms with van der Waals surface area (Å²) in [5, 5.41) is 11.0. The van der Waals surface area contributed by atoms with Crippen LogP contribution in [0.4, 0.5) is 0 Å². The Bertz CT molecular complexity index is 608. The van der Waals surface area contributed by atoms with Gasteiger partial charge < -0.3 is 5.11 Å². The van der Waals surface area contributed by atoms with Crippen LogP contribution in [0.5, 0.6) is 0 Å². The molecule has 0 fully saturated rings. The van der Waals surface area contributed by atoms with Crippen LogP contribution in [0, 0.1) is 5.92 Å². The van der Waals surface area contributed by atoms with Crippen molar-refractivity contribution in [2.24, 2.45) is 5.92 Å². The molecule has 1 unspecified atom stereocenters. The van der Waals surface area contributed by atoms with Crippen molar-refractivity contribution >= 4 is 33.2 Å². The van der Waals surface area contributed by atoms with Crippen molar-refractivity contribution in [1.82, 2.24) is 9.97 Å². The summed E-state index contributed by atoms with van der Waals surface area (Å²) in [5.74, 6) is 0.451. The van der Waals surface area contributed by atoms with Crippen molar-refractivity contribution in [3.8, 4) is 0 Å². The van der Waals surface area contributed by atoms with Gasteiger partial charge in [0, 0.05) is 10.8 Å². The molecule has 3 nitrogen and oxygen atoms in total. The fraction of sp³-hybridized carbons (Fsp3) is 0.333. The van der Waals surface area contributed by atoms with Gasteiger partial charge in [-0.15, -0.1) is 11.3 Å². The minimum Gasteiger partial charge on any atom is -0.513 e. The number of thiophene rings is 1. The van der Waals surface area contributed by atoms with Gasteiger partial charge in [-0.05, 0) is 24.8 Å². The maximum atomic E-state index is 9.49. The minimum absolute atomic E-state index is 0.169. The highest BCUT2D eigenvalue weighted by Gasteiger charge is 2.25. The predicted octanol–water partition coefficient (Wildman–Crippen LogP) is 3.52. The normalized spacial score (nSPS) is 19.2. The lowest BCUT2D eigenvalue weighted by molar-refractivity contribution is 0.315. The van der Waals surface area contributed by atoms with Crippen molar-refractivity contribution in [2.75, 3.05) is 0 Å². The SMILES string of the molecule is C=C(O)C1CCc2c(sc3ncnc(Cl)c23)C1. The molecule has 0 aliphatic heterocycles. The topological polar surface area (TPSA) is 46.0 Å². The van der Waals surface area contributed by atoms with E-state index in [0.717, 1.165) is 29.5 Å². The molecule has 1 aliphatic rings. The zero-order valence-corrected chi connectivity index (χ0v) is 10.7. The summed E-state index contributed by atoms with van der Waals surface area (Å²) >= 11 is 7.77. The van der Waals surface area contributed by atoms with E-state index >= 15 is 0 Å². The third-order valence-corrected chi connectivity index (χ3v) is 4.72. The number of nitrogens with zero attached hydrogens (tertiary/aromatic N) is 2. The molecule has 1 N–H and O–H groups in total. The molecule has 88 valence electrons. The van der Waals surface area contributed by atoms with E-state index in [4.69, 9.17) is 11.6 Å². The number of aliphatic hydroxyl groups is 1. The second kappa shape index (κ2) is 3.96. The van der Waals surface area contributed by atoms with Gasteiger partial charge in [-0.2, -0.15) is 0 Å². The monoisotopic (exact) mass is 266 g/mol. The van der Waals surface area contributed by atoms with Gasteiger partial charge in [0.1, 0.15) is 16.3 Å². The Morgan fingerprint density at radius 3 is 3.12 bits per heavy atom. The molecule has 0 spiro atoms. The molecule has 0 saturated carbocycles. The van der Waals surface area contributed by atoms with E-state index in [0.29, 0.717) is 5.15 Å².